The van der Waals surface area contributed by atoms with Gasteiger partial charge in [0.25, 0.3) is 11.5 Å². The number of amides is 1. The van der Waals surface area contributed by atoms with Crippen LogP contribution in [0.15, 0.2) is 53.0 Å². The maximum absolute atomic E-state index is 13.3. The van der Waals surface area contributed by atoms with E-state index >= 15 is 0 Å². The van der Waals surface area contributed by atoms with E-state index in [-0.39, 0.29) is 22.9 Å². The number of pyridine rings is 1. The fraction of sp³-hybridized carbons (Fsp3) is 0.280. The van der Waals surface area contributed by atoms with Crippen molar-refractivity contribution in [2.45, 2.75) is 33.1 Å². The zero-order valence-electron chi connectivity index (χ0n) is 18.2. The summed E-state index contributed by atoms with van der Waals surface area (Å²) in [7, 11) is 0. The van der Waals surface area contributed by atoms with E-state index in [0.29, 0.717) is 24.5 Å². The van der Waals surface area contributed by atoms with Crippen LogP contribution in [0.3, 0.4) is 0 Å². The lowest BCUT2D eigenvalue weighted by Gasteiger charge is -2.26. The van der Waals surface area contributed by atoms with E-state index in [2.05, 4.69) is 4.98 Å². The normalized spacial score (nSPS) is 14.3. The average Bonchev–Trinajstić information content (AvgIpc) is 2.78. The predicted molar refractivity (Wildman–Crippen MR) is 121 cm³/mol. The molecule has 3 heterocycles. The number of aromatic nitrogens is 2. The zero-order valence-corrected chi connectivity index (χ0v) is 18.2. The molecule has 2 aromatic heterocycles. The van der Waals surface area contributed by atoms with E-state index < -0.39 is 5.56 Å². The average molecular weight is 428 g/mol. The summed E-state index contributed by atoms with van der Waals surface area (Å²) in [6, 6.07) is 12.9. The first-order valence-corrected chi connectivity index (χ1v) is 10.6. The van der Waals surface area contributed by atoms with Crippen LogP contribution >= 0.6 is 0 Å². The molecule has 0 radical (unpaired) electrons. The second kappa shape index (κ2) is 9.06. The van der Waals surface area contributed by atoms with E-state index in [0.717, 1.165) is 30.4 Å². The fourth-order valence-electron chi connectivity index (χ4n) is 3.94. The van der Waals surface area contributed by atoms with Crippen molar-refractivity contribution in [2.75, 3.05) is 13.1 Å². The number of benzene rings is 1. The molecule has 3 aromatic rings. The van der Waals surface area contributed by atoms with Gasteiger partial charge >= 0.3 is 0 Å². The lowest BCUT2D eigenvalue weighted by atomic mass is 10.1. The van der Waals surface area contributed by atoms with Crippen molar-refractivity contribution < 1.29 is 9.53 Å². The molecule has 1 fully saturated rings. The molecular weight excluding hydrogens is 404 g/mol. The first-order valence-electron chi connectivity index (χ1n) is 10.6. The van der Waals surface area contributed by atoms with Crippen molar-refractivity contribution >= 4 is 17.6 Å². The van der Waals surface area contributed by atoms with Gasteiger partial charge in [-0.05, 0) is 74.6 Å². The summed E-state index contributed by atoms with van der Waals surface area (Å²) in [5.74, 6) is 0.220. The molecule has 162 valence electrons. The minimum absolute atomic E-state index is 0.0606. The van der Waals surface area contributed by atoms with Crippen LogP contribution in [-0.2, 0) is 4.79 Å². The number of hydrogen-bond acceptors (Lipinski definition) is 5. The van der Waals surface area contributed by atoms with Gasteiger partial charge in [-0.1, -0.05) is 12.1 Å². The van der Waals surface area contributed by atoms with Crippen LogP contribution in [0.4, 0.5) is 0 Å². The first kappa shape index (κ1) is 21.3. The van der Waals surface area contributed by atoms with Crippen LogP contribution in [0.1, 0.15) is 36.0 Å². The third-order valence-electron chi connectivity index (χ3n) is 5.43. The Balaban J connectivity index is 1.84. The predicted octanol–water partition coefficient (Wildman–Crippen LogP) is 4.02. The molecule has 0 aliphatic carbocycles. The summed E-state index contributed by atoms with van der Waals surface area (Å²) in [5.41, 5.74) is 1.98. The monoisotopic (exact) mass is 428 g/mol. The van der Waals surface area contributed by atoms with Gasteiger partial charge in [-0.15, -0.1) is 0 Å². The zero-order chi connectivity index (χ0) is 22.7. The highest BCUT2D eigenvalue weighted by molar-refractivity contribution is 6.02. The molecule has 1 aromatic carbocycles. The minimum Gasteiger partial charge on any atom is -0.438 e. The van der Waals surface area contributed by atoms with Crippen molar-refractivity contribution in [1.82, 2.24) is 14.3 Å². The summed E-state index contributed by atoms with van der Waals surface area (Å²) in [4.78, 5) is 32.4. The quantitative estimate of drug-likeness (QED) is 0.463. The third kappa shape index (κ3) is 4.40. The Labute approximate surface area is 186 Å². The summed E-state index contributed by atoms with van der Waals surface area (Å²) in [6.07, 6.45) is 5.79. The number of nitriles is 1. The molecule has 7 heteroatoms. The molecule has 32 heavy (non-hydrogen) atoms. The van der Waals surface area contributed by atoms with Gasteiger partial charge in [-0.3, -0.25) is 14.0 Å². The number of ether oxygens (including phenoxy) is 1. The van der Waals surface area contributed by atoms with Crippen molar-refractivity contribution in [2.24, 2.45) is 0 Å². The lowest BCUT2D eigenvalue weighted by Crippen LogP contribution is -2.36. The number of rotatable bonds is 4. The number of likely N-dealkylation sites (tertiary alicyclic amines) is 1. The highest BCUT2D eigenvalue weighted by Crippen LogP contribution is 2.26. The van der Waals surface area contributed by atoms with Gasteiger partial charge in [0.05, 0.1) is 0 Å². The number of carbonyl (C=O) groups is 1. The van der Waals surface area contributed by atoms with E-state index in [1.165, 1.54) is 10.5 Å². The summed E-state index contributed by atoms with van der Waals surface area (Å²) < 4.78 is 7.40. The Morgan fingerprint density at radius 2 is 1.84 bits per heavy atom. The SMILES string of the molecule is Cc1cc(C)cc(Oc2nc3ccccn3c(=O)c2/C=C(\C#N)C(=O)N2CCCCC2)c1. The third-order valence-corrected chi connectivity index (χ3v) is 5.43. The minimum atomic E-state index is -0.408. The summed E-state index contributed by atoms with van der Waals surface area (Å²) in [6.45, 7) is 5.13. The molecule has 0 atom stereocenters. The van der Waals surface area contributed by atoms with Crippen molar-refractivity contribution in [3.05, 3.63) is 75.2 Å². The first-order chi connectivity index (χ1) is 15.5. The molecule has 0 N–H and O–H groups in total. The smallest absolute Gasteiger partial charge is 0.269 e. The standard InChI is InChI=1S/C25H24N4O3/c1-17-12-18(2)14-20(13-17)32-23-21(25(31)29-11-7-4-8-22(29)27-23)15-19(16-26)24(30)28-9-5-3-6-10-28/h4,7-8,11-15H,3,5-6,9-10H2,1-2H3/b19-15+. The van der Waals surface area contributed by atoms with Crippen molar-refractivity contribution in [3.63, 3.8) is 0 Å². The number of piperidine rings is 1. The van der Waals surface area contributed by atoms with Crippen LogP contribution < -0.4 is 10.3 Å². The number of hydrogen-bond donors (Lipinski definition) is 0. The molecule has 0 saturated carbocycles. The summed E-state index contributed by atoms with van der Waals surface area (Å²) in [5, 5.41) is 9.71. The maximum Gasteiger partial charge on any atom is 0.269 e. The topological polar surface area (TPSA) is 87.7 Å². The van der Waals surface area contributed by atoms with Gasteiger partial charge in [0.15, 0.2) is 0 Å². The molecule has 1 amide bonds. The van der Waals surface area contributed by atoms with Crippen molar-refractivity contribution in [3.8, 4) is 17.7 Å². The van der Waals surface area contributed by atoms with Crippen LogP contribution in [0.25, 0.3) is 11.7 Å². The number of nitrogens with zero attached hydrogens (tertiary/aromatic N) is 4. The van der Waals surface area contributed by atoms with Crippen LogP contribution in [0.2, 0.25) is 0 Å². The highest BCUT2D eigenvalue weighted by atomic mass is 16.5. The molecule has 0 unspecified atom stereocenters. The van der Waals surface area contributed by atoms with Gasteiger partial charge in [-0.25, -0.2) is 0 Å². The Bertz CT molecular complexity index is 1290. The number of fused-ring (bicyclic) bond motifs is 1. The molecule has 1 saturated heterocycles. The van der Waals surface area contributed by atoms with Gasteiger partial charge in [-0.2, -0.15) is 10.2 Å². The van der Waals surface area contributed by atoms with E-state index in [9.17, 15) is 14.9 Å². The largest absolute Gasteiger partial charge is 0.438 e. The van der Waals surface area contributed by atoms with Crippen molar-refractivity contribution in [1.29, 1.82) is 5.26 Å². The molecule has 1 aliphatic heterocycles. The molecule has 0 bridgehead atoms. The Morgan fingerprint density at radius 3 is 2.53 bits per heavy atom. The number of carbonyl (C=O) groups excluding carboxylic acids is 1. The molecule has 0 spiro atoms. The van der Waals surface area contributed by atoms with Gasteiger partial charge < -0.3 is 9.64 Å². The molecule has 4 rings (SSSR count). The van der Waals surface area contributed by atoms with E-state index in [1.54, 1.807) is 29.3 Å². The van der Waals surface area contributed by atoms with E-state index in [1.807, 2.05) is 38.1 Å². The summed E-state index contributed by atoms with van der Waals surface area (Å²) >= 11 is 0. The van der Waals surface area contributed by atoms with Gasteiger partial charge in [0, 0.05) is 19.3 Å². The van der Waals surface area contributed by atoms with Crippen LogP contribution in [-0.4, -0.2) is 33.3 Å². The van der Waals surface area contributed by atoms with Gasteiger partial charge in [0.2, 0.25) is 5.88 Å². The maximum atomic E-state index is 13.3. The molecule has 1 aliphatic rings. The second-order valence-electron chi connectivity index (χ2n) is 8.01. The Kier molecular flexibility index (Phi) is 6.04. The Morgan fingerprint density at radius 1 is 1.12 bits per heavy atom. The fourth-order valence-corrected chi connectivity index (χ4v) is 3.94. The van der Waals surface area contributed by atoms with Gasteiger partial charge in [0.1, 0.15) is 28.6 Å². The van der Waals surface area contributed by atoms with E-state index in [4.69, 9.17) is 4.74 Å². The lowest BCUT2D eigenvalue weighted by molar-refractivity contribution is -0.127. The number of aryl methyl sites for hydroxylation is 2. The highest BCUT2D eigenvalue weighted by Gasteiger charge is 2.22. The molecular formula is C25H24N4O3. The second-order valence-corrected chi connectivity index (χ2v) is 8.01. The van der Waals surface area contributed by atoms with Crippen LogP contribution in [0.5, 0.6) is 11.6 Å². The van der Waals surface area contributed by atoms with Crippen LogP contribution in [0, 0.1) is 25.2 Å². The Hall–Kier alpha value is -3.92. The molecule has 7 nitrogen and oxygen atoms in total.